The van der Waals surface area contributed by atoms with Crippen LogP contribution in [-0.2, 0) is 4.84 Å². The van der Waals surface area contributed by atoms with Crippen molar-refractivity contribution in [2.24, 2.45) is 11.1 Å². The predicted octanol–water partition coefficient (Wildman–Crippen LogP) is 2.39. The van der Waals surface area contributed by atoms with E-state index in [-0.39, 0.29) is 68.5 Å². The average Bonchev–Trinajstić information content (AvgIpc) is 3.56. The molecule has 1 aromatic heterocycles. The number of ether oxygens (including phenoxy) is 1. The van der Waals surface area contributed by atoms with Gasteiger partial charge >= 0.3 is 5.97 Å². The van der Waals surface area contributed by atoms with Gasteiger partial charge in [-0.25, -0.2) is 9.18 Å². The minimum atomic E-state index is -1.38. The summed E-state index contributed by atoms with van der Waals surface area (Å²) in [5.74, 6) is -3.06. The molecule has 206 valence electrons. The lowest BCUT2D eigenvalue weighted by atomic mass is 10.0. The SMILES string of the molecule is C[C@H]1COc2c(N3CC4ON=C(CN5C(=O)c6ccccc6C5=O)C4C3)c(F)cc3c(=O)c(C(=O)O)cn1c23.S. The molecule has 2 unspecified atom stereocenters. The zero-order valence-corrected chi connectivity index (χ0v) is 22.1. The molecule has 40 heavy (non-hydrogen) atoms. The number of anilines is 1. The first-order chi connectivity index (χ1) is 18.7. The number of carbonyl (C=O) groups excluding carboxylic acids is 2. The van der Waals surface area contributed by atoms with E-state index < -0.39 is 40.7 Å². The molecule has 0 saturated carbocycles. The molecule has 4 aliphatic rings. The molecule has 0 aliphatic carbocycles. The van der Waals surface area contributed by atoms with E-state index in [1.807, 2.05) is 6.92 Å². The Hall–Kier alpha value is -4.39. The minimum Gasteiger partial charge on any atom is -0.487 e. The van der Waals surface area contributed by atoms with Crippen molar-refractivity contribution in [2.75, 3.05) is 31.1 Å². The second-order valence-electron chi connectivity index (χ2n) is 10.2. The van der Waals surface area contributed by atoms with Crippen LogP contribution in [0, 0.1) is 11.7 Å². The summed E-state index contributed by atoms with van der Waals surface area (Å²) in [6.45, 7) is 2.46. The Kier molecular flexibility index (Phi) is 5.87. The number of rotatable bonds is 4. The van der Waals surface area contributed by atoms with Crippen molar-refractivity contribution in [3.05, 3.63) is 69.3 Å². The van der Waals surface area contributed by atoms with E-state index in [0.717, 1.165) is 11.0 Å². The van der Waals surface area contributed by atoms with E-state index in [9.17, 15) is 24.3 Å². The third-order valence-corrected chi connectivity index (χ3v) is 7.89. The lowest BCUT2D eigenvalue weighted by Crippen LogP contribution is -2.38. The zero-order chi connectivity index (χ0) is 27.2. The van der Waals surface area contributed by atoms with Crippen LogP contribution in [0.1, 0.15) is 44.0 Å². The molecule has 5 heterocycles. The van der Waals surface area contributed by atoms with Crippen LogP contribution in [0.25, 0.3) is 10.9 Å². The molecule has 4 aliphatic heterocycles. The fourth-order valence-electron chi connectivity index (χ4n) is 5.94. The molecular formula is C27H23FN4O7S. The molecule has 0 radical (unpaired) electrons. The second kappa shape index (κ2) is 9.08. The molecule has 3 aromatic rings. The van der Waals surface area contributed by atoms with Gasteiger partial charge in [0.15, 0.2) is 17.7 Å². The van der Waals surface area contributed by atoms with E-state index >= 15 is 4.39 Å². The summed E-state index contributed by atoms with van der Waals surface area (Å²) in [6.07, 6.45) is 0.844. The van der Waals surface area contributed by atoms with E-state index in [4.69, 9.17) is 9.57 Å². The number of aromatic nitrogens is 1. The largest absolute Gasteiger partial charge is 0.487 e. The maximum absolute atomic E-state index is 15.7. The number of imide groups is 1. The molecule has 13 heteroatoms. The molecular weight excluding hydrogens is 543 g/mol. The number of nitrogens with zero attached hydrogens (tertiary/aromatic N) is 4. The second-order valence-corrected chi connectivity index (χ2v) is 10.2. The molecule has 0 spiro atoms. The Bertz CT molecular complexity index is 1700. The van der Waals surface area contributed by atoms with Gasteiger partial charge in [0.2, 0.25) is 5.43 Å². The van der Waals surface area contributed by atoms with Gasteiger partial charge in [0.25, 0.3) is 11.8 Å². The van der Waals surface area contributed by atoms with Gasteiger partial charge in [0.1, 0.15) is 17.9 Å². The Morgan fingerprint density at radius 1 is 1.15 bits per heavy atom. The maximum atomic E-state index is 15.7. The number of pyridine rings is 1. The van der Waals surface area contributed by atoms with Crippen LogP contribution in [0.15, 0.2) is 46.5 Å². The van der Waals surface area contributed by atoms with Crippen LogP contribution < -0.4 is 15.1 Å². The quantitative estimate of drug-likeness (QED) is 0.477. The average molecular weight is 567 g/mol. The van der Waals surface area contributed by atoms with Crippen molar-refractivity contribution in [1.29, 1.82) is 0 Å². The first kappa shape index (κ1) is 25.9. The van der Waals surface area contributed by atoms with Gasteiger partial charge in [-0.2, -0.15) is 13.5 Å². The van der Waals surface area contributed by atoms with E-state index in [1.165, 1.54) is 6.20 Å². The number of carbonyl (C=O) groups is 3. The highest BCUT2D eigenvalue weighted by atomic mass is 32.1. The lowest BCUT2D eigenvalue weighted by molar-refractivity contribution is 0.0669. The highest BCUT2D eigenvalue weighted by Crippen LogP contribution is 2.44. The first-order valence-electron chi connectivity index (χ1n) is 12.4. The highest BCUT2D eigenvalue weighted by molar-refractivity contribution is 7.59. The van der Waals surface area contributed by atoms with Gasteiger partial charge in [0, 0.05) is 12.7 Å². The molecule has 2 amide bonds. The standard InChI is InChI=1S/C27H21FN4O7.H2S/c1-12-11-38-24-21-15(23(33)17(27(36)37)8-31(12)21)6-18(28)22(24)30-7-16-19(29-39-20(16)10-30)9-32-25(34)13-4-2-3-5-14(13)26(32)35;/h2-6,8,12,16,20H,7,9-11H2,1H3,(H,36,37);1H2/t12-,16?,20?;/m0./s1. The van der Waals surface area contributed by atoms with Crippen LogP contribution in [-0.4, -0.2) is 70.4 Å². The smallest absolute Gasteiger partial charge is 0.341 e. The fourth-order valence-corrected chi connectivity index (χ4v) is 5.94. The Labute approximate surface area is 232 Å². The van der Waals surface area contributed by atoms with E-state index in [2.05, 4.69) is 5.16 Å². The number of hydrogen-bond acceptors (Lipinski definition) is 8. The van der Waals surface area contributed by atoms with Crippen molar-refractivity contribution in [2.45, 2.75) is 19.1 Å². The number of fused-ring (bicyclic) bond motifs is 2. The Morgan fingerprint density at radius 3 is 2.52 bits per heavy atom. The Balaban J connectivity index is 0.00000289. The number of hydrogen-bond donors (Lipinski definition) is 1. The van der Waals surface area contributed by atoms with Crippen molar-refractivity contribution in [1.82, 2.24) is 9.47 Å². The third kappa shape index (κ3) is 3.53. The van der Waals surface area contributed by atoms with Crippen LogP contribution in [0.2, 0.25) is 0 Å². The summed E-state index contributed by atoms with van der Waals surface area (Å²) < 4.78 is 23.2. The molecule has 0 bridgehead atoms. The summed E-state index contributed by atoms with van der Waals surface area (Å²) in [4.78, 5) is 58.8. The fraction of sp³-hybridized carbons (Fsp3) is 0.296. The summed E-state index contributed by atoms with van der Waals surface area (Å²) in [5, 5.41) is 13.6. The number of amides is 2. The normalized spacial score (nSPS) is 22.4. The van der Waals surface area contributed by atoms with Crippen LogP contribution in [0.4, 0.5) is 10.1 Å². The summed E-state index contributed by atoms with van der Waals surface area (Å²) in [6, 6.07) is 7.39. The topological polar surface area (TPSA) is 131 Å². The van der Waals surface area contributed by atoms with Gasteiger partial charge in [-0.1, -0.05) is 17.3 Å². The van der Waals surface area contributed by atoms with Gasteiger partial charge in [-0.3, -0.25) is 19.3 Å². The predicted molar refractivity (Wildman–Crippen MR) is 146 cm³/mol. The number of benzene rings is 2. The Morgan fingerprint density at radius 2 is 1.85 bits per heavy atom. The summed E-state index contributed by atoms with van der Waals surface area (Å²) in [7, 11) is 0. The number of halogens is 1. The minimum absolute atomic E-state index is 0. The van der Waals surface area contributed by atoms with Crippen molar-refractivity contribution in [3.63, 3.8) is 0 Å². The number of carboxylic acid groups (broad SMARTS) is 1. The van der Waals surface area contributed by atoms with E-state index in [0.29, 0.717) is 22.4 Å². The number of aromatic carboxylic acids is 1. The van der Waals surface area contributed by atoms with Crippen molar-refractivity contribution in [3.8, 4) is 5.75 Å². The van der Waals surface area contributed by atoms with Crippen LogP contribution >= 0.6 is 13.5 Å². The molecule has 1 saturated heterocycles. The molecule has 7 rings (SSSR count). The molecule has 2 aromatic carbocycles. The van der Waals surface area contributed by atoms with Gasteiger partial charge in [-0.15, -0.1) is 0 Å². The van der Waals surface area contributed by atoms with Gasteiger partial charge < -0.3 is 24.1 Å². The van der Waals surface area contributed by atoms with Crippen LogP contribution in [0.5, 0.6) is 5.75 Å². The number of carboxylic acids is 1. The molecule has 3 atom stereocenters. The van der Waals surface area contributed by atoms with Gasteiger partial charge in [0.05, 0.1) is 52.8 Å². The van der Waals surface area contributed by atoms with Crippen LogP contribution in [0.3, 0.4) is 0 Å². The third-order valence-electron chi connectivity index (χ3n) is 7.89. The van der Waals surface area contributed by atoms with Crippen molar-refractivity contribution >= 4 is 53.6 Å². The van der Waals surface area contributed by atoms with Gasteiger partial charge in [-0.05, 0) is 25.1 Å². The monoisotopic (exact) mass is 566 g/mol. The maximum Gasteiger partial charge on any atom is 0.341 e. The molecule has 11 nitrogen and oxygen atoms in total. The highest BCUT2D eigenvalue weighted by Gasteiger charge is 2.46. The van der Waals surface area contributed by atoms with E-state index in [1.54, 1.807) is 33.7 Å². The zero-order valence-electron chi connectivity index (χ0n) is 21.1. The summed E-state index contributed by atoms with van der Waals surface area (Å²) in [5.41, 5.74) is 0.439. The molecule has 1 fully saturated rings. The number of oxime groups is 1. The molecule has 1 N–H and O–H groups in total. The lowest BCUT2D eigenvalue weighted by Gasteiger charge is -2.31. The first-order valence-corrected chi connectivity index (χ1v) is 12.4. The van der Waals surface area contributed by atoms with Crippen molar-refractivity contribution < 1.29 is 33.5 Å². The summed E-state index contributed by atoms with van der Waals surface area (Å²) >= 11 is 0.